The average Bonchev–Trinajstić information content (AvgIpc) is 2.98. The van der Waals surface area contributed by atoms with E-state index >= 15 is 0 Å². The lowest BCUT2D eigenvalue weighted by molar-refractivity contribution is -0.138. The molecular weight excluding hydrogens is 379 g/mol. The van der Waals surface area contributed by atoms with Crippen LogP contribution in [0.1, 0.15) is 21.7 Å². The molecule has 0 aliphatic rings. The molecular formula is C18H14F3N3O4. The summed E-state index contributed by atoms with van der Waals surface area (Å²) < 4.78 is 44.2. The van der Waals surface area contributed by atoms with Crippen molar-refractivity contribution in [2.24, 2.45) is 0 Å². The van der Waals surface area contributed by atoms with Crippen LogP contribution in [0.25, 0.3) is 11.0 Å². The van der Waals surface area contributed by atoms with E-state index in [-0.39, 0.29) is 5.76 Å². The summed E-state index contributed by atoms with van der Waals surface area (Å²) in [5.41, 5.74) is 3.36. The fraction of sp³-hybridized carbons (Fsp3) is 0.167. The van der Waals surface area contributed by atoms with Crippen LogP contribution in [0.3, 0.4) is 0 Å². The van der Waals surface area contributed by atoms with Crippen molar-refractivity contribution in [2.75, 3.05) is 0 Å². The summed E-state index contributed by atoms with van der Waals surface area (Å²) in [6, 6.07) is 8.30. The highest BCUT2D eigenvalue weighted by atomic mass is 19.4. The van der Waals surface area contributed by atoms with E-state index in [2.05, 4.69) is 5.43 Å². The average molecular weight is 393 g/mol. The number of aryl methyl sites for hydroxylation is 1. The minimum atomic E-state index is -4.65. The second kappa shape index (κ2) is 7.22. The van der Waals surface area contributed by atoms with Gasteiger partial charge in [-0.25, -0.2) is 0 Å². The number of pyridine rings is 1. The second-order valence-corrected chi connectivity index (χ2v) is 5.94. The van der Waals surface area contributed by atoms with Crippen molar-refractivity contribution < 1.29 is 27.2 Å². The summed E-state index contributed by atoms with van der Waals surface area (Å²) in [5, 5.41) is 0.731. The molecule has 10 heteroatoms. The van der Waals surface area contributed by atoms with Crippen molar-refractivity contribution >= 4 is 22.8 Å². The largest absolute Gasteiger partial charge is 0.451 e. The first-order chi connectivity index (χ1) is 13.2. The molecule has 3 rings (SSSR count). The molecule has 0 atom stereocenters. The van der Waals surface area contributed by atoms with Gasteiger partial charge in [-0.15, -0.1) is 0 Å². The number of aromatic nitrogens is 1. The van der Waals surface area contributed by atoms with Crippen LogP contribution in [-0.2, 0) is 17.5 Å². The maximum absolute atomic E-state index is 12.7. The Kier molecular flexibility index (Phi) is 4.95. The highest BCUT2D eigenvalue weighted by molar-refractivity contribution is 5.99. The minimum absolute atomic E-state index is 0.0160. The topological polar surface area (TPSA) is 93.3 Å². The number of alkyl halides is 3. The molecule has 28 heavy (non-hydrogen) atoms. The Morgan fingerprint density at radius 3 is 2.50 bits per heavy atom. The van der Waals surface area contributed by atoms with Gasteiger partial charge in [-0.2, -0.15) is 13.2 Å². The Hall–Kier alpha value is -3.56. The quantitative estimate of drug-likeness (QED) is 0.669. The highest BCUT2D eigenvalue weighted by Crippen LogP contribution is 2.28. The molecule has 2 N–H and O–H groups in total. The molecule has 0 radical (unpaired) electrons. The van der Waals surface area contributed by atoms with Crippen molar-refractivity contribution in [3.05, 3.63) is 69.8 Å². The third-order valence-corrected chi connectivity index (χ3v) is 3.99. The smallest absolute Gasteiger partial charge is 0.417 e. The van der Waals surface area contributed by atoms with Crippen LogP contribution in [0, 0.1) is 6.92 Å². The van der Waals surface area contributed by atoms with Gasteiger partial charge in [-0.3, -0.25) is 25.2 Å². The van der Waals surface area contributed by atoms with Crippen LogP contribution in [0.15, 0.2) is 51.8 Å². The number of rotatable bonds is 3. The van der Waals surface area contributed by atoms with E-state index in [4.69, 9.17) is 4.42 Å². The molecule has 2 heterocycles. The van der Waals surface area contributed by atoms with Crippen LogP contribution < -0.4 is 16.4 Å². The van der Waals surface area contributed by atoms with Crippen LogP contribution in [0.2, 0.25) is 0 Å². The van der Waals surface area contributed by atoms with Crippen molar-refractivity contribution in [1.29, 1.82) is 0 Å². The first kappa shape index (κ1) is 19.2. The number of halogens is 3. The van der Waals surface area contributed by atoms with Gasteiger partial charge in [0.15, 0.2) is 5.76 Å². The van der Waals surface area contributed by atoms with Crippen molar-refractivity contribution in [1.82, 2.24) is 15.4 Å². The Morgan fingerprint density at radius 1 is 1.11 bits per heavy atom. The predicted octanol–water partition coefficient (Wildman–Crippen LogP) is 2.38. The monoisotopic (exact) mass is 393 g/mol. The van der Waals surface area contributed by atoms with Gasteiger partial charge in [0.25, 0.3) is 11.5 Å². The van der Waals surface area contributed by atoms with Gasteiger partial charge in [0.1, 0.15) is 12.1 Å². The normalized spacial score (nSPS) is 11.4. The van der Waals surface area contributed by atoms with E-state index in [1.165, 1.54) is 0 Å². The number of nitrogens with one attached hydrogen (secondary N) is 2. The zero-order valence-electron chi connectivity index (χ0n) is 14.5. The molecule has 7 nitrogen and oxygen atoms in total. The Bertz CT molecular complexity index is 1120. The van der Waals surface area contributed by atoms with Crippen LogP contribution >= 0.6 is 0 Å². The van der Waals surface area contributed by atoms with E-state index in [0.29, 0.717) is 34.0 Å². The van der Waals surface area contributed by atoms with Gasteiger partial charge >= 0.3 is 12.1 Å². The Balaban J connectivity index is 1.68. The molecule has 2 aromatic heterocycles. The van der Waals surface area contributed by atoms with Crippen LogP contribution in [0.4, 0.5) is 13.2 Å². The maximum Gasteiger partial charge on any atom is 0.417 e. The minimum Gasteiger partial charge on any atom is -0.451 e. The number of hydrazine groups is 1. The summed E-state index contributed by atoms with van der Waals surface area (Å²) in [4.78, 5) is 35.8. The number of furan rings is 1. The van der Waals surface area contributed by atoms with E-state index in [1.54, 1.807) is 31.2 Å². The summed E-state index contributed by atoms with van der Waals surface area (Å²) in [6.45, 7) is 0.965. The second-order valence-electron chi connectivity index (χ2n) is 5.94. The number of carbonyl (C=O) groups excluding carboxylic acids is 2. The first-order valence-corrected chi connectivity index (χ1v) is 8.02. The number of hydrogen-bond donors (Lipinski definition) is 2. The summed E-state index contributed by atoms with van der Waals surface area (Å²) in [5.74, 6) is -1.64. The fourth-order valence-corrected chi connectivity index (χ4v) is 2.59. The zero-order valence-corrected chi connectivity index (χ0v) is 14.5. The van der Waals surface area contributed by atoms with Gasteiger partial charge in [0, 0.05) is 23.2 Å². The van der Waals surface area contributed by atoms with Gasteiger partial charge in [-0.1, -0.05) is 18.2 Å². The molecule has 0 fully saturated rings. The molecule has 0 saturated heterocycles. The molecule has 0 aliphatic heterocycles. The lowest BCUT2D eigenvalue weighted by Gasteiger charge is -2.11. The lowest BCUT2D eigenvalue weighted by Crippen LogP contribution is -2.44. The Morgan fingerprint density at radius 2 is 1.82 bits per heavy atom. The molecule has 3 aromatic rings. The third kappa shape index (κ3) is 3.90. The molecule has 0 aliphatic carbocycles. The van der Waals surface area contributed by atoms with E-state index < -0.39 is 35.7 Å². The SMILES string of the molecule is Cc1c(C(=O)NNC(=O)Cn2cc(C(F)(F)F)ccc2=O)oc2ccccc12. The van der Waals surface area contributed by atoms with E-state index in [0.717, 1.165) is 5.39 Å². The number of benzene rings is 1. The molecule has 1 aromatic carbocycles. The summed E-state index contributed by atoms with van der Waals surface area (Å²) >= 11 is 0. The zero-order chi connectivity index (χ0) is 20.5. The van der Waals surface area contributed by atoms with Gasteiger partial charge in [-0.05, 0) is 19.1 Å². The highest BCUT2D eigenvalue weighted by Gasteiger charge is 2.31. The number of fused-ring (bicyclic) bond motifs is 1. The maximum atomic E-state index is 12.7. The van der Waals surface area contributed by atoms with E-state index in [1.807, 2.05) is 5.43 Å². The molecule has 0 unspecified atom stereocenters. The number of amides is 2. The van der Waals surface area contributed by atoms with Crippen molar-refractivity contribution in [3.8, 4) is 0 Å². The molecule has 0 saturated carbocycles. The number of hydrogen-bond acceptors (Lipinski definition) is 4. The van der Waals surface area contributed by atoms with Gasteiger partial charge < -0.3 is 8.98 Å². The van der Waals surface area contributed by atoms with Gasteiger partial charge in [0.2, 0.25) is 0 Å². The molecule has 2 amide bonds. The number of nitrogens with zero attached hydrogens (tertiary/aromatic N) is 1. The van der Waals surface area contributed by atoms with Crippen LogP contribution in [-0.4, -0.2) is 16.4 Å². The number of para-hydroxylation sites is 1. The summed E-state index contributed by atoms with van der Waals surface area (Å²) in [6.07, 6.45) is -4.12. The lowest BCUT2D eigenvalue weighted by atomic mass is 10.1. The Labute approximate surface area is 155 Å². The fourth-order valence-electron chi connectivity index (χ4n) is 2.59. The molecule has 0 spiro atoms. The van der Waals surface area contributed by atoms with Crippen molar-refractivity contribution in [2.45, 2.75) is 19.6 Å². The molecule has 146 valence electrons. The predicted molar refractivity (Wildman–Crippen MR) is 92.3 cm³/mol. The standard InChI is InChI=1S/C18H14F3N3O4/c1-10-12-4-2-3-5-13(12)28-16(10)17(27)23-22-14(25)9-24-8-11(18(19,20)21)6-7-15(24)26/h2-8H,9H2,1H3,(H,22,25)(H,23,27). The summed E-state index contributed by atoms with van der Waals surface area (Å²) in [7, 11) is 0. The van der Waals surface area contributed by atoms with Crippen LogP contribution in [0.5, 0.6) is 0 Å². The van der Waals surface area contributed by atoms with Crippen molar-refractivity contribution in [3.63, 3.8) is 0 Å². The molecule has 0 bridgehead atoms. The number of carbonyl (C=O) groups is 2. The third-order valence-electron chi connectivity index (χ3n) is 3.99. The first-order valence-electron chi connectivity index (χ1n) is 8.02. The van der Waals surface area contributed by atoms with E-state index in [9.17, 15) is 27.6 Å². The van der Waals surface area contributed by atoms with Gasteiger partial charge in [0.05, 0.1) is 5.56 Å².